The van der Waals surface area contributed by atoms with E-state index in [1.807, 2.05) is 60.7 Å². The van der Waals surface area contributed by atoms with Gasteiger partial charge in [0, 0.05) is 16.5 Å². The Morgan fingerprint density at radius 3 is 1.35 bits per heavy atom. The number of para-hydroxylation sites is 2. The van der Waals surface area contributed by atoms with Crippen LogP contribution in [0.1, 0.15) is 0 Å². The summed E-state index contributed by atoms with van der Waals surface area (Å²) in [6.45, 7) is 0. The van der Waals surface area contributed by atoms with E-state index in [1.165, 1.54) is 21.8 Å². The molecule has 0 aliphatic carbocycles. The molecule has 0 atom stereocenters. The molecule has 0 spiro atoms. The van der Waals surface area contributed by atoms with Crippen molar-refractivity contribution in [2.24, 2.45) is 0 Å². The smallest absolute Gasteiger partial charge is 0.423 e. The first-order valence-electron chi connectivity index (χ1n) is 13.4. The zero-order valence-electron chi connectivity index (χ0n) is 21.8. The number of hydrogen-bond donors (Lipinski definition) is 2. The summed E-state index contributed by atoms with van der Waals surface area (Å²) in [6.07, 6.45) is 0. The Morgan fingerprint density at radius 2 is 0.875 bits per heavy atom. The van der Waals surface area contributed by atoms with E-state index in [4.69, 9.17) is 0 Å². The molecule has 40 heavy (non-hydrogen) atoms. The molecule has 1 heterocycles. The van der Waals surface area contributed by atoms with E-state index in [1.54, 1.807) is 0 Å². The van der Waals surface area contributed by atoms with Crippen LogP contribution >= 0.6 is 0 Å². The van der Waals surface area contributed by atoms with Gasteiger partial charge in [0.25, 0.3) is 0 Å². The van der Waals surface area contributed by atoms with Crippen molar-refractivity contribution in [3.8, 4) is 39.1 Å². The zero-order chi connectivity index (χ0) is 27.1. The molecule has 0 aliphatic heterocycles. The standard InChI is InChI=1S/C36H26BNO2/c39-37(40)36-32(26-11-3-1-4-12-26)23-28(24-33(36)27-13-5-2-6-14-27)25-19-21-29(22-20-25)38-34-17-9-7-15-30(34)31-16-8-10-18-35(31)38/h1-24,39-40H. The monoisotopic (exact) mass is 515 g/mol. The maximum Gasteiger partial charge on any atom is 0.489 e. The van der Waals surface area contributed by atoms with Crippen LogP contribution in [0.25, 0.3) is 60.9 Å². The van der Waals surface area contributed by atoms with E-state index >= 15 is 0 Å². The van der Waals surface area contributed by atoms with Gasteiger partial charge >= 0.3 is 7.12 Å². The molecular formula is C36H26BNO2. The summed E-state index contributed by atoms with van der Waals surface area (Å²) in [5.74, 6) is 0. The number of hydrogen-bond acceptors (Lipinski definition) is 2. The molecule has 4 heteroatoms. The van der Waals surface area contributed by atoms with Gasteiger partial charge < -0.3 is 14.6 Å². The first kappa shape index (κ1) is 24.2. The molecule has 0 amide bonds. The van der Waals surface area contributed by atoms with E-state index < -0.39 is 7.12 Å². The van der Waals surface area contributed by atoms with Crippen molar-refractivity contribution in [1.29, 1.82) is 0 Å². The van der Waals surface area contributed by atoms with Crippen molar-refractivity contribution < 1.29 is 10.0 Å². The maximum atomic E-state index is 10.5. The Kier molecular flexibility index (Phi) is 6.05. The number of nitrogens with zero attached hydrogens (tertiary/aromatic N) is 1. The second kappa shape index (κ2) is 10.0. The molecule has 7 rings (SSSR count). The average Bonchev–Trinajstić information content (AvgIpc) is 3.36. The average molecular weight is 515 g/mol. The Morgan fingerprint density at radius 1 is 0.425 bits per heavy atom. The highest BCUT2D eigenvalue weighted by Gasteiger charge is 2.24. The third kappa shape index (κ3) is 4.11. The molecule has 2 N–H and O–H groups in total. The van der Waals surface area contributed by atoms with Crippen LogP contribution in [0.2, 0.25) is 0 Å². The molecular weight excluding hydrogens is 489 g/mol. The zero-order valence-corrected chi connectivity index (χ0v) is 21.8. The van der Waals surface area contributed by atoms with Gasteiger partial charge in [-0.15, -0.1) is 0 Å². The summed E-state index contributed by atoms with van der Waals surface area (Å²) in [5, 5.41) is 23.5. The van der Waals surface area contributed by atoms with E-state index in [0.717, 1.165) is 39.1 Å². The summed E-state index contributed by atoms with van der Waals surface area (Å²) in [4.78, 5) is 0. The summed E-state index contributed by atoms with van der Waals surface area (Å²) in [5.41, 5.74) is 9.49. The van der Waals surface area contributed by atoms with Gasteiger partial charge in [0.1, 0.15) is 0 Å². The van der Waals surface area contributed by atoms with Gasteiger partial charge in [0.15, 0.2) is 0 Å². The van der Waals surface area contributed by atoms with Crippen LogP contribution in [-0.4, -0.2) is 21.7 Å². The predicted octanol–water partition coefficient (Wildman–Crippen LogP) is 7.46. The minimum absolute atomic E-state index is 0.503. The summed E-state index contributed by atoms with van der Waals surface area (Å²) in [6, 6.07) is 49.6. The lowest BCUT2D eigenvalue weighted by atomic mass is 9.70. The first-order valence-corrected chi connectivity index (χ1v) is 13.4. The molecule has 0 unspecified atom stereocenters. The van der Waals surface area contributed by atoms with Crippen LogP contribution in [0.3, 0.4) is 0 Å². The van der Waals surface area contributed by atoms with Crippen LogP contribution in [0.15, 0.2) is 146 Å². The predicted molar refractivity (Wildman–Crippen MR) is 167 cm³/mol. The van der Waals surface area contributed by atoms with Gasteiger partial charge in [0.2, 0.25) is 0 Å². The normalized spacial score (nSPS) is 11.2. The third-order valence-electron chi connectivity index (χ3n) is 7.65. The fraction of sp³-hybridized carbons (Fsp3) is 0. The van der Waals surface area contributed by atoms with Gasteiger partial charge in [-0.1, -0.05) is 109 Å². The molecule has 3 nitrogen and oxygen atoms in total. The van der Waals surface area contributed by atoms with Crippen LogP contribution in [-0.2, 0) is 0 Å². The second-order valence-electron chi connectivity index (χ2n) is 10.0. The van der Waals surface area contributed by atoms with Crippen molar-refractivity contribution in [2.75, 3.05) is 0 Å². The highest BCUT2D eigenvalue weighted by atomic mass is 16.4. The molecule has 0 saturated heterocycles. The van der Waals surface area contributed by atoms with Crippen LogP contribution in [0, 0.1) is 0 Å². The number of benzene rings is 6. The van der Waals surface area contributed by atoms with Crippen molar-refractivity contribution in [1.82, 2.24) is 4.57 Å². The molecule has 0 radical (unpaired) electrons. The first-order chi connectivity index (χ1) is 19.7. The van der Waals surface area contributed by atoms with Crippen molar-refractivity contribution in [2.45, 2.75) is 0 Å². The lowest BCUT2D eigenvalue weighted by Crippen LogP contribution is -2.33. The Labute approximate surface area is 233 Å². The largest absolute Gasteiger partial charge is 0.489 e. The topological polar surface area (TPSA) is 45.4 Å². The quantitative estimate of drug-likeness (QED) is 0.234. The Balaban J connectivity index is 1.41. The molecule has 7 aromatic rings. The maximum absolute atomic E-state index is 10.5. The SMILES string of the molecule is OB(O)c1c(-c2ccccc2)cc(-c2ccc(-n3c4ccccc4c4ccccc43)cc2)cc1-c1ccccc1. The Hall–Kier alpha value is -4.90. The molecule has 0 saturated carbocycles. The van der Waals surface area contributed by atoms with Gasteiger partial charge in [-0.05, 0) is 75.2 Å². The molecule has 0 bridgehead atoms. The molecule has 6 aromatic carbocycles. The van der Waals surface area contributed by atoms with Crippen LogP contribution in [0.4, 0.5) is 0 Å². The van der Waals surface area contributed by atoms with E-state index in [9.17, 15) is 10.0 Å². The van der Waals surface area contributed by atoms with Crippen molar-refractivity contribution in [3.63, 3.8) is 0 Å². The lowest BCUT2D eigenvalue weighted by Gasteiger charge is -2.18. The van der Waals surface area contributed by atoms with Gasteiger partial charge in [-0.3, -0.25) is 0 Å². The minimum Gasteiger partial charge on any atom is -0.423 e. The molecule has 0 fully saturated rings. The number of aromatic nitrogens is 1. The number of fused-ring (bicyclic) bond motifs is 3. The Bertz CT molecular complexity index is 1850. The fourth-order valence-electron chi connectivity index (χ4n) is 5.81. The van der Waals surface area contributed by atoms with Gasteiger partial charge in [-0.25, -0.2) is 0 Å². The second-order valence-corrected chi connectivity index (χ2v) is 10.0. The summed E-state index contributed by atoms with van der Waals surface area (Å²) in [7, 11) is -1.61. The lowest BCUT2D eigenvalue weighted by molar-refractivity contribution is 0.426. The van der Waals surface area contributed by atoms with E-state index in [0.29, 0.717) is 5.46 Å². The van der Waals surface area contributed by atoms with Crippen molar-refractivity contribution >= 4 is 34.4 Å². The van der Waals surface area contributed by atoms with Gasteiger partial charge in [0.05, 0.1) is 11.0 Å². The van der Waals surface area contributed by atoms with Crippen molar-refractivity contribution in [3.05, 3.63) is 146 Å². The number of rotatable bonds is 5. The van der Waals surface area contributed by atoms with Gasteiger partial charge in [-0.2, -0.15) is 0 Å². The highest BCUT2D eigenvalue weighted by Crippen LogP contribution is 2.35. The third-order valence-corrected chi connectivity index (χ3v) is 7.65. The summed E-state index contributed by atoms with van der Waals surface area (Å²) < 4.78 is 2.31. The van der Waals surface area contributed by atoms with E-state index in [2.05, 4.69) is 89.5 Å². The highest BCUT2D eigenvalue weighted by molar-refractivity contribution is 6.62. The molecule has 1 aromatic heterocycles. The van der Waals surface area contributed by atoms with E-state index in [-0.39, 0.29) is 0 Å². The summed E-state index contributed by atoms with van der Waals surface area (Å²) >= 11 is 0. The van der Waals surface area contributed by atoms with Crippen LogP contribution in [0.5, 0.6) is 0 Å². The fourth-order valence-corrected chi connectivity index (χ4v) is 5.81. The minimum atomic E-state index is -1.61. The molecule has 0 aliphatic rings. The molecule has 190 valence electrons. The van der Waals surface area contributed by atoms with Crippen LogP contribution < -0.4 is 5.46 Å².